The van der Waals surface area contributed by atoms with Crippen LogP contribution in [0.1, 0.15) is 31.7 Å². The molecule has 0 N–H and O–H groups in total. The van der Waals surface area contributed by atoms with Gasteiger partial charge >= 0.3 is 11.7 Å². The Balaban J connectivity index is 2.20. The van der Waals surface area contributed by atoms with Crippen molar-refractivity contribution in [1.29, 1.82) is 0 Å². The fourth-order valence-corrected chi connectivity index (χ4v) is 2.89. The lowest BCUT2D eigenvalue weighted by Gasteiger charge is -2.11. The number of hydrogen-bond donors (Lipinski definition) is 0. The summed E-state index contributed by atoms with van der Waals surface area (Å²) in [6, 6.07) is 0. The van der Waals surface area contributed by atoms with Crippen molar-refractivity contribution in [3.8, 4) is 0 Å². The van der Waals surface area contributed by atoms with Crippen LogP contribution in [0.5, 0.6) is 0 Å². The average Bonchev–Trinajstić information content (AvgIpc) is 2.72. The molecular formula is C15H21N3O3S. The maximum atomic E-state index is 12.1. The molecule has 1 unspecified atom stereocenters. The van der Waals surface area contributed by atoms with E-state index in [1.807, 2.05) is 6.21 Å². The third-order valence-corrected chi connectivity index (χ3v) is 4.44. The van der Waals surface area contributed by atoms with Gasteiger partial charge in [0, 0.05) is 32.3 Å². The van der Waals surface area contributed by atoms with Crippen molar-refractivity contribution in [2.75, 3.05) is 6.61 Å². The molecule has 1 aromatic rings. The van der Waals surface area contributed by atoms with Crippen LogP contribution in [0, 0.1) is 10.6 Å². The Morgan fingerprint density at radius 3 is 2.86 bits per heavy atom. The van der Waals surface area contributed by atoms with Crippen molar-refractivity contribution in [1.82, 2.24) is 9.13 Å². The van der Waals surface area contributed by atoms with Crippen molar-refractivity contribution < 1.29 is 9.53 Å². The van der Waals surface area contributed by atoms with E-state index in [-0.39, 0.29) is 17.6 Å². The number of esters is 1. The largest absolute Gasteiger partial charge is 0.466 e. The number of aromatic nitrogens is 2. The summed E-state index contributed by atoms with van der Waals surface area (Å²) in [5.74, 6) is 0.638. The zero-order chi connectivity index (χ0) is 16.3. The molecule has 7 heteroatoms. The minimum atomic E-state index is -0.180. The minimum Gasteiger partial charge on any atom is -0.466 e. The lowest BCUT2D eigenvalue weighted by atomic mass is 9.98. The fourth-order valence-electron chi connectivity index (χ4n) is 2.62. The van der Waals surface area contributed by atoms with Gasteiger partial charge in [0.25, 0.3) is 0 Å². The van der Waals surface area contributed by atoms with E-state index >= 15 is 0 Å². The molecule has 0 amide bonds. The van der Waals surface area contributed by atoms with Crippen molar-refractivity contribution >= 4 is 30.2 Å². The molecule has 0 fully saturated rings. The Labute approximate surface area is 134 Å². The molecule has 0 aliphatic carbocycles. The third-order valence-electron chi connectivity index (χ3n) is 3.92. The topological polar surface area (TPSA) is 65.6 Å². The molecule has 1 aliphatic rings. The summed E-state index contributed by atoms with van der Waals surface area (Å²) in [4.78, 5) is 28.0. The van der Waals surface area contributed by atoms with Gasteiger partial charge in [-0.05, 0) is 32.1 Å². The van der Waals surface area contributed by atoms with E-state index in [2.05, 4.69) is 4.99 Å². The van der Waals surface area contributed by atoms with E-state index in [0.29, 0.717) is 29.9 Å². The van der Waals surface area contributed by atoms with E-state index in [1.54, 1.807) is 21.0 Å². The van der Waals surface area contributed by atoms with Gasteiger partial charge in [0.15, 0.2) is 0 Å². The molecule has 0 saturated heterocycles. The summed E-state index contributed by atoms with van der Waals surface area (Å²) >= 11 is 5.37. The first-order valence-electron chi connectivity index (χ1n) is 7.44. The van der Waals surface area contributed by atoms with Crippen LogP contribution in [0.4, 0.5) is 5.82 Å². The Kier molecular flexibility index (Phi) is 5.28. The normalized spacial score (nSPS) is 17.0. The summed E-state index contributed by atoms with van der Waals surface area (Å²) < 4.78 is 8.49. The second-order valence-electron chi connectivity index (χ2n) is 5.43. The summed E-state index contributed by atoms with van der Waals surface area (Å²) in [5.41, 5.74) is 0.750. The molecule has 1 atom stereocenters. The highest BCUT2D eigenvalue weighted by Crippen LogP contribution is 2.26. The maximum absolute atomic E-state index is 12.1. The number of ether oxygens (including phenoxy) is 1. The van der Waals surface area contributed by atoms with Crippen LogP contribution in [0.3, 0.4) is 0 Å². The quantitative estimate of drug-likeness (QED) is 0.628. The molecule has 0 aromatic carbocycles. The second kappa shape index (κ2) is 7.00. The lowest BCUT2D eigenvalue weighted by molar-refractivity contribution is -0.143. The van der Waals surface area contributed by atoms with Crippen molar-refractivity contribution in [3.05, 3.63) is 20.7 Å². The lowest BCUT2D eigenvalue weighted by Crippen LogP contribution is -2.28. The molecule has 0 radical (unpaired) electrons. The zero-order valence-electron chi connectivity index (χ0n) is 13.2. The smallest absolute Gasteiger partial charge is 0.330 e. The SMILES string of the molecule is CCOC(=O)CCC1C=Nc2c(c(=S)n(C)c(=O)n2C)CC1. The second-order valence-corrected chi connectivity index (χ2v) is 5.82. The standard InChI is InChI=1S/C15H21N3O3S/c1-4-21-12(19)8-6-10-5-7-11-13(16-9-10)17(2)15(20)18(3)14(11)22/h9-10H,4-8H2,1-3H3. The molecular weight excluding hydrogens is 302 g/mol. The zero-order valence-corrected chi connectivity index (χ0v) is 14.0. The summed E-state index contributed by atoms with van der Waals surface area (Å²) in [5, 5.41) is 0. The monoisotopic (exact) mass is 323 g/mol. The van der Waals surface area contributed by atoms with E-state index in [9.17, 15) is 9.59 Å². The van der Waals surface area contributed by atoms with E-state index < -0.39 is 0 Å². The van der Waals surface area contributed by atoms with Gasteiger partial charge in [-0.3, -0.25) is 13.9 Å². The number of rotatable bonds is 4. The van der Waals surface area contributed by atoms with Crippen LogP contribution < -0.4 is 5.69 Å². The Morgan fingerprint density at radius 1 is 1.45 bits per heavy atom. The number of carbonyl (C=O) groups is 1. The highest BCUT2D eigenvalue weighted by atomic mass is 32.1. The molecule has 2 heterocycles. The molecule has 120 valence electrons. The minimum absolute atomic E-state index is 0.175. The van der Waals surface area contributed by atoms with Crippen molar-refractivity contribution in [2.24, 2.45) is 25.0 Å². The first-order valence-corrected chi connectivity index (χ1v) is 7.85. The van der Waals surface area contributed by atoms with Gasteiger partial charge < -0.3 is 4.74 Å². The summed E-state index contributed by atoms with van der Waals surface area (Å²) in [6.07, 6.45) is 4.53. The molecule has 0 spiro atoms. The summed E-state index contributed by atoms with van der Waals surface area (Å²) in [6.45, 7) is 2.20. The Hall–Kier alpha value is -1.76. The molecule has 1 aliphatic heterocycles. The first kappa shape index (κ1) is 16.6. The fraction of sp³-hybridized carbons (Fsp3) is 0.600. The van der Waals surface area contributed by atoms with Crippen LogP contribution in [-0.4, -0.2) is 27.9 Å². The predicted octanol–water partition coefficient (Wildman–Crippen LogP) is 2.06. The van der Waals surface area contributed by atoms with E-state index in [1.165, 1.54) is 9.13 Å². The predicted molar refractivity (Wildman–Crippen MR) is 87.3 cm³/mol. The van der Waals surface area contributed by atoms with Crippen LogP contribution in [0.15, 0.2) is 9.79 Å². The molecule has 1 aromatic heterocycles. The molecule has 22 heavy (non-hydrogen) atoms. The highest BCUT2D eigenvalue weighted by Gasteiger charge is 2.19. The van der Waals surface area contributed by atoms with Crippen LogP contribution in [0.2, 0.25) is 0 Å². The van der Waals surface area contributed by atoms with E-state index in [0.717, 1.165) is 18.4 Å². The van der Waals surface area contributed by atoms with Gasteiger partial charge in [0.2, 0.25) is 0 Å². The van der Waals surface area contributed by atoms with Gasteiger partial charge in [0.05, 0.1) is 6.61 Å². The Morgan fingerprint density at radius 2 is 2.18 bits per heavy atom. The molecule has 0 saturated carbocycles. The number of nitrogens with zero attached hydrogens (tertiary/aromatic N) is 3. The number of aliphatic imine (C=N–C) groups is 1. The highest BCUT2D eigenvalue weighted by molar-refractivity contribution is 7.71. The van der Waals surface area contributed by atoms with Gasteiger partial charge in [-0.25, -0.2) is 9.79 Å². The van der Waals surface area contributed by atoms with Gasteiger partial charge in [-0.2, -0.15) is 0 Å². The molecule has 0 bridgehead atoms. The van der Waals surface area contributed by atoms with Crippen molar-refractivity contribution in [3.63, 3.8) is 0 Å². The number of carbonyl (C=O) groups excluding carboxylic acids is 1. The third kappa shape index (κ3) is 3.35. The van der Waals surface area contributed by atoms with Gasteiger partial charge in [-0.1, -0.05) is 12.2 Å². The Bertz CT molecular complexity index is 718. The van der Waals surface area contributed by atoms with Crippen LogP contribution in [0.25, 0.3) is 0 Å². The maximum Gasteiger partial charge on any atom is 0.330 e. The van der Waals surface area contributed by atoms with Crippen molar-refractivity contribution in [2.45, 2.75) is 32.6 Å². The molecule has 6 nitrogen and oxygen atoms in total. The van der Waals surface area contributed by atoms with Crippen LogP contribution >= 0.6 is 12.2 Å². The number of fused-ring (bicyclic) bond motifs is 1. The number of hydrogen-bond acceptors (Lipinski definition) is 5. The van der Waals surface area contributed by atoms with Gasteiger partial charge in [-0.15, -0.1) is 0 Å². The molecule has 2 rings (SSSR count). The van der Waals surface area contributed by atoms with Gasteiger partial charge in [0.1, 0.15) is 10.5 Å². The summed E-state index contributed by atoms with van der Waals surface area (Å²) in [7, 11) is 3.38. The first-order chi connectivity index (χ1) is 10.5. The van der Waals surface area contributed by atoms with Crippen LogP contribution in [-0.2, 0) is 30.0 Å². The van der Waals surface area contributed by atoms with E-state index in [4.69, 9.17) is 17.0 Å². The average molecular weight is 323 g/mol.